The Hall–Kier alpha value is -0.770. The number of hydrogen-bond acceptors (Lipinski definition) is 2. The average Bonchev–Trinajstić information content (AvgIpc) is 2.38. The summed E-state index contributed by atoms with van der Waals surface area (Å²) in [6, 6.07) is 0.545. The summed E-state index contributed by atoms with van der Waals surface area (Å²) in [6.45, 7) is 7.25. The van der Waals surface area contributed by atoms with Crippen molar-refractivity contribution >= 4 is 6.03 Å². The zero-order chi connectivity index (χ0) is 12.5. The number of hydrogen-bond donors (Lipinski definition) is 1. The van der Waals surface area contributed by atoms with Gasteiger partial charge in [0, 0.05) is 32.3 Å². The van der Waals surface area contributed by atoms with E-state index in [2.05, 4.69) is 12.2 Å². The lowest BCUT2D eigenvalue weighted by molar-refractivity contribution is 0.137. The Morgan fingerprint density at radius 3 is 2.94 bits per heavy atom. The molecule has 0 bridgehead atoms. The molecule has 4 nitrogen and oxygen atoms in total. The van der Waals surface area contributed by atoms with Gasteiger partial charge in [-0.1, -0.05) is 6.92 Å². The molecule has 1 unspecified atom stereocenters. The maximum atomic E-state index is 12.0. The van der Waals surface area contributed by atoms with E-state index >= 15 is 0 Å². The van der Waals surface area contributed by atoms with Crippen molar-refractivity contribution in [3.63, 3.8) is 0 Å². The maximum Gasteiger partial charge on any atom is 0.317 e. The fourth-order valence-electron chi connectivity index (χ4n) is 2.31. The molecule has 0 saturated carbocycles. The molecule has 4 heteroatoms. The van der Waals surface area contributed by atoms with Crippen LogP contribution in [0.25, 0.3) is 0 Å². The van der Waals surface area contributed by atoms with E-state index in [-0.39, 0.29) is 6.03 Å². The highest BCUT2D eigenvalue weighted by atomic mass is 16.5. The summed E-state index contributed by atoms with van der Waals surface area (Å²) >= 11 is 0. The van der Waals surface area contributed by atoms with Crippen LogP contribution in [0, 0.1) is 0 Å². The van der Waals surface area contributed by atoms with Gasteiger partial charge in [-0.25, -0.2) is 4.79 Å². The Morgan fingerprint density at radius 1 is 1.41 bits per heavy atom. The van der Waals surface area contributed by atoms with Crippen LogP contribution in [0.2, 0.25) is 0 Å². The number of carbonyl (C=O) groups is 1. The van der Waals surface area contributed by atoms with E-state index in [9.17, 15) is 4.79 Å². The number of rotatable bonds is 6. The summed E-state index contributed by atoms with van der Waals surface area (Å²) in [5, 5.41) is 2.98. The van der Waals surface area contributed by atoms with Gasteiger partial charge in [0.05, 0.1) is 0 Å². The highest BCUT2D eigenvalue weighted by Gasteiger charge is 2.24. The van der Waals surface area contributed by atoms with Crippen molar-refractivity contribution < 1.29 is 9.53 Å². The van der Waals surface area contributed by atoms with Gasteiger partial charge in [-0.05, 0) is 39.0 Å². The maximum absolute atomic E-state index is 12.0. The molecule has 1 aliphatic rings. The minimum atomic E-state index is 0.105. The molecule has 1 fully saturated rings. The van der Waals surface area contributed by atoms with E-state index in [0.717, 1.165) is 45.4 Å². The topological polar surface area (TPSA) is 41.6 Å². The van der Waals surface area contributed by atoms with Gasteiger partial charge in [-0.15, -0.1) is 0 Å². The lowest BCUT2D eigenvalue weighted by Gasteiger charge is -2.35. The van der Waals surface area contributed by atoms with E-state index in [1.165, 1.54) is 6.42 Å². The summed E-state index contributed by atoms with van der Waals surface area (Å²) < 4.78 is 5.24. The van der Waals surface area contributed by atoms with Gasteiger partial charge in [0.2, 0.25) is 0 Å². The lowest BCUT2D eigenvalue weighted by atomic mass is 10.0. The number of ether oxygens (including phenoxy) is 1. The molecule has 100 valence electrons. The zero-order valence-corrected chi connectivity index (χ0v) is 11.2. The van der Waals surface area contributed by atoms with E-state index in [1.807, 2.05) is 11.8 Å². The summed E-state index contributed by atoms with van der Waals surface area (Å²) in [4.78, 5) is 14.0. The molecule has 0 radical (unpaired) electrons. The van der Waals surface area contributed by atoms with Crippen LogP contribution in [0.5, 0.6) is 0 Å². The Bertz CT molecular complexity index is 221. The second kappa shape index (κ2) is 8.34. The molecule has 17 heavy (non-hydrogen) atoms. The van der Waals surface area contributed by atoms with Gasteiger partial charge in [-0.2, -0.15) is 0 Å². The molecular formula is C13H26N2O2. The molecule has 0 aromatic carbocycles. The Labute approximate surface area is 105 Å². The predicted molar refractivity (Wildman–Crippen MR) is 69.1 cm³/mol. The standard InChI is InChI=1S/C13H26N2O2/c1-3-12-8-5-6-10-15(12)13(16)14-9-7-11-17-4-2/h12H,3-11H2,1-2H3,(H,14,16). The Morgan fingerprint density at radius 2 is 2.24 bits per heavy atom. The Kier molecular flexibility index (Phi) is 7.01. The second-order valence-electron chi connectivity index (χ2n) is 4.53. The van der Waals surface area contributed by atoms with Crippen LogP contribution in [-0.4, -0.2) is 43.3 Å². The summed E-state index contributed by atoms with van der Waals surface area (Å²) in [5.74, 6) is 0. The third-order valence-electron chi connectivity index (χ3n) is 3.31. The van der Waals surface area contributed by atoms with Crippen molar-refractivity contribution in [1.82, 2.24) is 10.2 Å². The number of amides is 2. The number of nitrogens with zero attached hydrogens (tertiary/aromatic N) is 1. The van der Waals surface area contributed by atoms with Crippen LogP contribution >= 0.6 is 0 Å². The monoisotopic (exact) mass is 242 g/mol. The van der Waals surface area contributed by atoms with Crippen LogP contribution in [-0.2, 0) is 4.74 Å². The van der Waals surface area contributed by atoms with Crippen LogP contribution in [0.15, 0.2) is 0 Å². The third-order valence-corrected chi connectivity index (χ3v) is 3.31. The fraction of sp³-hybridized carbons (Fsp3) is 0.923. The highest BCUT2D eigenvalue weighted by molar-refractivity contribution is 5.74. The van der Waals surface area contributed by atoms with E-state index < -0.39 is 0 Å². The Balaban J connectivity index is 2.20. The van der Waals surface area contributed by atoms with Crippen LogP contribution < -0.4 is 5.32 Å². The van der Waals surface area contributed by atoms with Gasteiger partial charge >= 0.3 is 6.03 Å². The van der Waals surface area contributed by atoms with Crippen molar-refractivity contribution in [2.75, 3.05) is 26.3 Å². The highest BCUT2D eigenvalue weighted by Crippen LogP contribution is 2.19. The van der Waals surface area contributed by atoms with Gasteiger partial charge < -0.3 is 15.0 Å². The second-order valence-corrected chi connectivity index (χ2v) is 4.53. The first-order chi connectivity index (χ1) is 8.29. The summed E-state index contributed by atoms with van der Waals surface area (Å²) in [6.07, 6.45) is 5.51. The molecule has 1 N–H and O–H groups in total. The van der Waals surface area contributed by atoms with Crippen LogP contribution in [0.3, 0.4) is 0 Å². The van der Waals surface area contributed by atoms with E-state index in [0.29, 0.717) is 12.6 Å². The van der Waals surface area contributed by atoms with Crippen LogP contribution in [0.1, 0.15) is 46.0 Å². The molecule has 1 atom stereocenters. The number of carbonyl (C=O) groups excluding carboxylic acids is 1. The van der Waals surface area contributed by atoms with Gasteiger partial charge in [0.25, 0.3) is 0 Å². The number of piperidine rings is 1. The third kappa shape index (κ3) is 4.94. The first-order valence-electron chi connectivity index (χ1n) is 6.91. The minimum Gasteiger partial charge on any atom is -0.382 e. The van der Waals surface area contributed by atoms with Crippen molar-refractivity contribution in [3.8, 4) is 0 Å². The summed E-state index contributed by atoms with van der Waals surface area (Å²) in [5.41, 5.74) is 0. The molecule has 0 aromatic rings. The molecule has 0 spiro atoms. The first kappa shape index (κ1) is 14.3. The molecule has 1 aliphatic heterocycles. The van der Waals surface area contributed by atoms with E-state index in [4.69, 9.17) is 4.74 Å². The fourth-order valence-corrected chi connectivity index (χ4v) is 2.31. The smallest absolute Gasteiger partial charge is 0.317 e. The number of likely N-dealkylation sites (tertiary alicyclic amines) is 1. The molecule has 1 rings (SSSR count). The molecule has 2 amide bonds. The van der Waals surface area contributed by atoms with Crippen molar-refractivity contribution in [1.29, 1.82) is 0 Å². The normalized spacial score (nSPS) is 20.4. The van der Waals surface area contributed by atoms with Crippen molar-refractivity contribution in [3.05, 3.63) is 0 Å². The van der Waals surface area contributed by atoms with Gasteiger partial charge in [0.15, 0.2) is 0 Å². The van der Waals surface area contributed by atoms with Gasteiger partial charge in [-0.3, -0.25) is 0 Å². The molecule has 0 aromatic heterocycles. The SMILES string of the molecule is CCOCCCNC(=O)N1CCCCC1CC. The summed E-state index contributed by atoms with van der Waals surface area (Å²) in [7, 11) is 0. The van der Waals surface area contributed by atoms with Crippen LogP contribution in [0.4, 0.5) is 4.79 Å². The number of nitrogens with one attached hydrogen (secondary N) is 1. The minimum absolute atomic E-state index is 0.105. The molecule has 1 saturated heterocycles. The molecule has 0 aliphatic carbocycles. The largest absolute Gasteiger partial charge is 0.382 e. The predicted octanol–water partition coefficient (Wildman–Crippen LogP) is 2.39. The molecule has 1 heterocycles. The quantitative estimate of drug-likeness (QED) is 0.727. The zero-order valence-electron chi connectivity index (χ0n) is 11.2. The average molecular weight is 242 g/mol. The lowest BCUT2D eigenvalue weighted by Crippen LogP contribution is -2.48. The van der Waals surface area contributed by atoms with Gasteiger partial charge in [0.1, 0.15) is 0 Å². The van der Waals surface area contributed by atoms with Crippen molar-refractivity contribution in [2.24, 2.45) is 0 Å². The molecular weight excluding hydrogens is 216 g/mol. The van der Waals surface area contributed by atoms with E-state index in [1.54, 1.807) is 0 Å². The van der Waals surface area contributed by atoms with Crippen molar-refractivity contribution in [2.45, 2.75) is 52.0 Å². The first-order valence-corrected chi connectivity index (χ1v) is 6.91. The number of urea groups is 1.